The highest BCUT2D eigenvalue weighted by Gasteiger charge is 2.12. The molecule has 5 heteroatoms. The van der Waals surface area contributed by atoms with E-state index in [1.54, 1.807) is 18.4 Å². The molecule has 0 aliphatic heterocycles. The van der Waals surface area contributed by atoms with Crippen LogP contribution in [0.3, 0.4) is 0 Å². The van der Waals surface area contributed by atoms with E-state index in [2.05, 4.69) is 29.4 Å². The summed E-state index contributed by atoms with van der Waals surface area (Å²) in [5.41, 5.74) is 0. The van der Waals surface area contributed by atoms with Crippen LogP contribution in [0.5, 0.6) is 0 Å². The largest absolute Gasteiger partial charge is 0.383 e. The molecule has 1 N–H and O–H groups in total. The molecule has 0 spiro atoms. The van der Waals surface area contributed by atoms with Crippen LogP contribution in [-0.4, -0.2) is 37.0 Å². The second-order valence-corrected chi connectivity index (χ2v) is 5.49. The Hall–Kier alpha value is -0.520. The van der Waals surface area contributed by atoms with E-state index in [4.69, 9.17) is 4.74 Å². The van der Waals surface area contributed by atoms with Crippen LogP contribution in [0.25, 0.3) is 0 Å². The van der Waals surface area contributed by atoms with Crippen LogP contribution in [0.2, 0.25) is 0 Å². The summed E-state index contributed by atoms with van der Waals surface area (Å²) in [5.74, 6) is 0.594. The number of hydrogen-bond donors (Lipinski definition) is 1. The zero-order chi connectivity index (χ0) is 13.2. The first-order chi connectivity index (χ1) is 8.81. The van der Waals surface area contributed by atoms with Crippen LogP contribution in [0.15, 0.2) is 0 Å². The van der Waals surface area contributed by atoms with Crippen molar-refractivity contribution >= 4 is 11.3 Å². The zero-order valence-electron chi connectivity index (χ0n) is 11.7. The molecule has 0 bridgehead atoms. The Balaban J connectivity index is 2.23. The monoisotopic (exact) mass is 271 g/mol. The fraction of sp³-hybridized carbons (Fsp3) is 0.846. The average molecular weight is 271 g/mol. The lowest BCUT2D eigenvalue weighted by molar-refractivity contribution is 0.199. The normalized spacial score (nSPS) is 11.3. The lowest BCUT2D eigenvalue weighted by Crippen LogP contribution is -2.20. The fourth-order valence-electron chi connectivity index (χ4n) is 1.83. The van der Waals surface area contributed by atoms with Gasteiger partial charge in [0.1, 0.15) is 10.0 Å². The SMILES string of the molecule is CCC(CC)c1nnc(CCCNCCOC)s1. The summed E-state index contributed by atoms with van der Waals surface area (Å²) in [6.07, 6.45) is 4.45. The number of aryl methyl sites for hydroxylation is 1. The minimum atomic E-state index is 0.594. The van der Waals surface area contributed by atoms with Crippen molar-refractivity contribution in [2.75, 3.05) is 26.8 Å². The van der Waals surface area contributed by atoms with Crippen molar-refractivity contribution < 1.29 is 4.74 Å². The predicted molar refractivity (Wildman–Crippen MR) is 76.3 cm³/mol. The Morgan fingerprint density at radius 3 is 2.67 bits per heavy atom. The van der Waals surface area contributed by atoms with Gasteiger partial charge in [-0.3, -0.25) is 0 Å². The molecule has 0 aromatic carbocycles. The van der Waals surface area contributed by atoms with E-state index in [0.29, 0.717) is 5.92 Å². The molecule has 0 aliphatic rings. The highest BCUT2D eigenvalue weighted by atomic mass is 32.1. The van der Waals surface area contributed by atoms with Gasteiger partial charge in [-0.25, -0.2) is 0 Å². The van der Waals surface area contributed by atoms with Gasteiger partial charge in [-0.05, 0) is 25.8 Å². The summed E-state index contributed by atoms with van der Waals surface area (Å²) in [7, 11) is 1.72. The van der Waals surface area contributed by atoms with Crippen LogP contribution < -0.4 is 5.32 Å². The Morgan fingerprint density at radius 2 is 2.00 bits per heavy atom. The molecular formula is C13H25N3OS. The Labute approximate surface area is 114 Å². The van der Waals surface area contributed by atoms with Crippen molar-refractivity contribution in [3.05, 3.63) is 10.0 Å². The number of nitrogens with one attached hydrogen (secondary N) is 1. The zero-order valence-corrected chi connectivity index (χ0v) is 12.6. The summed E-state index contributed by atoms with van der Waals surface area (Å²) < 4.78 is 4.98. The molecule has 0 fully saturated rings. The van der Waals surface area contributed by atoms with Crippen LogP contribution >= 0.6 is 11.3 Å². The van der Waals surface area contributed by atoms with Gasteiger partial charge in [-0.1, -0.05) is 13.8 Å². The molecule has 1 heterocycles. The third-order valence-corrected chi connectivity index (χ3v) is 4.19. The maximum absolute atomic E-state index is 4.98. The number of nitrogens with zero attached hydrogens (tertiary/aromatic N) is 2. The maximum atomic E-state index is 4.98. The van der Waals surface area contributed by atoms with Gasteiger partial charge in [-0.15, -0.1) is 21.5 Å². The van der Waals surface area contributed by atoms with E-state index >= 15 is 0 Å². The smallest absolute Gasteiger partial charge is 0.120 e. The highest BCUT2D eigenvalue weighted by Crippen LogP contribution is 2.26. The Morgan fingerprint density at radius 1 is 1.22 bits per heavy atom. The van der Waals surface area contributed by atoms with Gasteiger partial charge in [-0.2, -0.15) is 0 Å². The lowest BCUT2D eigenvalue weighted by Gasteiger charge is -2.05. The minimum Gasteiger partial charge on any atom is -0.383 e. The molecule has 0 amide bonds. The lowest BCUT2D eigenvalue weighted by atomic mass is 10.1. The molecule has 1 aromatic rings. The molecular weight excluding hydrogens is 246 g/mol. The van der Waals surface area contributed by atoms with Crippen molar-refractivity contribution in [1.82, 2.24) is 15.5 Å². The molecule has 18 heavy (non-hydrogen) atoms. The number of aromatic nitrogens is 2. The molecule has 0 unspecified atom stereocenters. The summed E-state index contributed by atoms with van der Waals surface area (Å²) in [4.78, 5) is 0. The molecule has 0 saturated heterocycles. The molecule has 104 valence electrons. The first-order valence-corrected chi connectivity index (χ1v) is 7.65. The van der Waals surface area contributed by atoms with E-state index in [-0.39, 0.29) is 0 Å². The van der Waals surface area contributed by atoms with Gasteiger partial charge >= 0.3 is 0 Å². The first-order valence-electron chi connectivity index (χ1n) is 6.83. The van der Waals surface area contributed by atoms with Crippen molar-refractivity contribution in [2.45, 2.75) is 45.4 Å². The summed E-state index contributed by atoms with van der Waals surface area (Å²) >= 11 is 1.78. The third-order valence-electron chi connectivity index (χ3n) is 3.04. The molecule has 0 saturated carbocycles. The van der Waals surface area contributed by atoms with E-state index < -0.39 is 0 Å². The van der Waals surface area contributed by atoms with Crippen molar-refractivity contribution in [1.29, 1.82) is 0 Å². The summed E-state index contributed by atoms with van der Waals surface area (Å²) in [6.45, 7) is 7.15. The maximum Gasteiger partial charge on any atom is 0.120 e. The molecule has 1 rings (SSSR count). The summed E-state index contributed by atoms with van der Waals surface area (Å²) in [5, 5.41) is 14.3. The second kappa shape index (κ2) is 9.42. The van der Waals surface area contributed by atoms with Crippen LogP contribution in [0.1, 0.15) is 49.0 Å². The van der Waals surface area contributed by atoms with Gasteiger partial charge < -0.3 is 10.1 Å². The molecule has 0 atom stereocenters. The first kappa shape index (κ1) is 15.5. The van der Waals surface area contributed by atoms with Gasteiger partial charge in [0, 0.05) is 26.0 Å². The Bertz CT molecular complexity index is 313. The van der Waals surface area contributed by atoms with Crippen LogP contribution in [0.4, 0.5) is 0 Å². The number of rotatable bonds is 10. The predicted octanol–water partition coefficient (Wildman–Crippen LogP) is 2.61. The van der Waals surface area contributed by atoms with E-state index in [9.17, 15) is 0 Å². The van der Waals surface area contributed by atoms with Crippen molar-refractivity contribution in [3.8, 4) is 0 Å². The van der Waals surface area contributed by atoms with Gasteiger partial charge in [0.2, 0.25) is 0 Å². The minimum absolute atomic E-state index is 0.594. The van der Waals surface area contributed by atoms with Crippen molar-refractivity contribution in [3.63, 3.8) is 0 Å². The highest BCUT2D eigenvalue weighted by molar-refractivity contribution is 7.11. The van der Waals surface area contributed by atoms with Gasteiger partial charge in [0.05, 0.1) is 6.61 Å². The Kier molecular flexibility index (Phi) is 8.13. The topological polar surface area (TPSA) is 47.0 Å². The van der Waals surface area contributed by atoms with E-state index in [0.717, 1.165) is 45.4 Å². The standard InChI is InChI=1S/C13H25N3OS/c1-4-11(5-2)13-16-15-12(18-13)7-6-8-14-9-10-17-3/h11,14H,4-10H2,1-3H3. The van der Waals surface area contributed by atoms with E-state index in [1.807, 2.05) is 0 Å². The second-order valence-electron chi connectivity index (χ2n) is 4.39. The molecule has 1 aromatic heterocycles. The van der Waals surface area contributed by atoms with E-state index in [1.165, 1.54) is 10.0 Å². The third kappa shape index (κ3) is 5.42. The molecule has 0 radical (unpaired) electrons. The van der Waals surface area contributed by atoms with Crippen LogP contribution in [0, 0.1) is 0 Å². The van der Waals surface area contributed by atoms with Gasteiger partial charge in [0.15, 0.2) is 0 Å². The summed E-state index contributed by atoms with van der Waals surface area (Å²) in [6, 6.07) is 0. The quantitative estimate of drug-likeness (QED) is 0.665. The number of ether oxygens (including phenoxy) is 1. The fourth-order valence-corrected chi connectivity index (χ4v) is 2.99. The van der Waals surface area contributed by atoms with Crippen molar-refractivity contribution in [2.24, 2.45) is 0 Å². The molecule has 4 nitrogen and oxygen atoms in total. The van der Waals surface area contributed by atoms with Crippen LogP contribution in [-0.2, 0) is 11.2 Å². The average Bonchev–Trinajstić information content (AvgIpc) is 2.84. The number of hydrogen-bond acceptors (Lipinski definition) is 5. The van der Waals surface area contributed by atoms with Gasteiger partial charge in [0.25, 0.3) is 0 Å². The number of methoxy groups -OCH3 is 1. The molecule has 0 aliphatic carbocycles.